The van der Waals surface area contributed by atoms with Crippen molar-refractivity contribution in [3.63, 3.8) is 0 Å². The summed E-state index contributed by atoms with van der Waals surface area (Å²) in [7, 11) is 0. The Hall–Kier alpha value is -0.830. The number of hydrogen-bond donors (Lipinski definition) is 1. The highest BCUT2D eigenvalue weighted by atomic mass is 32.1. The van der Waals surface area contributed by atoms with Crippen molar-refractivity contribution in [3.05, 3.63) is 23.1 Å². The van der Waals surface area contributed by atoms with E-state index in [9.17, 15) is 0 Å². The van der Waals surface area contributed by atoms with Crippen molar-refractivity contribution in [1.29, 1.82) is 0 Å². The van der Waals surface area contributed by atoms with Gasteiger partial charge in [-0.2, -0.15) is 0 Å². The van der Waals surface area contributed by atoms with Crippen LogP contribution in [0.3, 0.4) is 0 Å². The van der Waals surface area contributed by atoms with E-state index in [1.54, 1.807) is 0 Å². The van der Waals surface area contributed by atoms with E-state index in [1.807, 2.05) is 0 Å². The standard InChI is InChI=1S/C5H4O2S/c6-4-1-2-7-5(8)3-4/h1-3,6H. The molecular weight excluding hydrogens is 124 g/mol. The number of hydrogen-bond acceptors (Lipinski definition) is 3. The second-order valence-electron chi connectivity index (χ2n) is 1.31. The summed E-state index contributed by atoms with van der Waals surface area (Å²) in [6.45, 7) is 0. The van der Waals surface area contributed by atoms with E-state index in [0.717, 1.165) is 0 Å². The van der Waals surface area contributed by atoms with Crippen LogP contribution in [-0.2, 0) is 0 Å². The second-order valence-corrected chi connectivity index (χ2v) is 1.71. The van der Waals surface area contributed by atoms with Crippen molar-refractivity contribution in [3.8, 4) is 5.75 Å². The van der Waals surface area contributed by atoms with Gasteiger partial charge < -0.3 is 9.52 Å². The van der Waals surface area contributed by atoms with Crippen LogP contribution in [0, 0.1) is 4.71 Å². The third-order valence-corrected chi connectivity index (χ3v) is 0.903. The molecule has 0 saturated heterocycles. The molecule has 0 aromatic carbocycles. The van der Waals surface area contributed by atoms with Crippen LogP contribution in [0.1, 0.15) is 0 Å². The lowest BCUT2D eigenvalue weighted by Crippen LogP contribution is -1.60. The zero-order chi connectivity index (χ0) is 5.98. The summed E-state index contributed by atoms with van der Waals surface area (Å²) in [4.78, 5) is 0. The van der Waals surface area contributed by atoms with E-state index < -0.39 is 0 Å². The minimum atomic E-state index is 0.140. The predicted octanol–water partition coefficient (Wildman–Crippen LogP) is 1.71. The van der Waals surface area contributed by atoms with Gasteiger partial charge in [0, 0.05) is 12.1 Å². The fourth-order valence-corrected chi connectivity index (χ4v) is 0.550. The monoisotopic (exact) mass is 128 g/mol. The molecule has 3 heteroatoms. The quantitative estimate of drug-likeness (QED) is 0.540. The van der Waals surface area contributed by atoms with E-state index in [-0.39, 0.29) is 5.75 Å². The number of aromatic hydroxyl groups is 1. The Labute approximate surface area is 51.4 Å². The van der Waals surface area contributed by atoms with Crippen molar-refractivity contribution in [2.75, 3.05) is 0 Å². The zero-order valence-corrected chi connectivity index (χ0v) is 4.81. The largest absolute Gasteiger partial charge is 0.508 e. The van der Waals surface area contributed by atoms with E-state index in [0.29, 0.717) is 4.71 Å². The van der Waals surface area contributed by atoms with Crippen LogP contribution in [0.25, 0.3) is 0 Å². The van der Waals surface area contributed by atoms with Gasteiger partial charge in [0.15, 0.2) is 4.71 Å². The fourth-order valence-electron chi connectivity index (χ4n) is 0.374. The topological polar surface area (TPSA) is 33.4 Å². The molecular formula is C5H4O2S. The molecule has 0 aliphatic rings. The lowest BCUT2D eigenvalue weighted by molar-refractivity contribution is 0.454. The van der Waals surface area contributed by atoms with Crippen LogP contribution in [0.5, 0.6) is 5.75 Å². The Bertz CT molecular complexity index is 228. The molecule has 0 aliphatic carbocycles. The Morgan fingerprint density at radius 3 is 2.75 bits per heavy atom. The van der Waals surface area contributed by atoms with Crippen LogP contribution < -0.4 is 0 Å². The Morgan fingerprint density at radius 2 is 2.38 bits per heavy atom. The van der Waals surface area contributed by atoms with Gasteiger partial charge in [-0.3, -0.25) is 0 Å². The molecule has 0 radical (unpaired) electrons. The lowest BCUT2D eigenvalue weighted by atomic mass is 10.5. The molecule has 42 valence electrons. The van der Waals surface area contributed by atoms with Crippen LogP contribution in [0.2, 0.25) is 0 Å². The molecule has 1 heterocycles. The van der Waals surface area contributed by atoms with Crippen molar-refractivity contribution >= 4 is 12.2 Å². The summed E-state index contributed by atoms with van der Waals surface area (Å²) >= 11 is 4.57. The SMILES string of the molecule is Oc1ccoc(=S)c1. The van der Waals surface area contributed by atoms with Crippen molar-refractivity contribution in [2.45, 2.75) is 0 Å². The summed E-state index contributed by atoms with van der Waals surface area (Å²) in [6.07, 6.45) is 1.34. The first-order chi connectivity index (χ1) is 3.79. The molecule has 0 unspecified atom stereocenters. The Kier molecular flexibility index (Phi) is 1.30. The molecule has 2 nitrogen and oxygen atoms in total. The van der Waals surface area contributed by atoms with Crippen LogP contribution in [0.4, 0.5) is 0 Å². The van der Waals surface area contributed by atoms with Gasteiger partial charge in [0.1, 0.15) is 5.75 Å². The summed E-state index contributed by atoms with van der Waals surface area (Å²) in [5.41, 5.74) is 0. The first kappa shape index (κ1) is 5.31. The van der Waals surface area contributed by atoms with E-state index in [4.69, 9.17) is 5.11 Å². The van der Waals surface area contributed by atoms with Crippen LogP contribution >= 0.6 is 12.2 Å². The minimum Gasteiger partial charge on any atom is -0.508 e. The normalized spacial score (nSPS) is 9.00. The van der Waals surface area contributed by atoms with Gasteiger partial charge >= 0.3 is 0 Å². The minimum absolute atomic E-state index is 0.140. The zero-order valence-electron chi connectivity index (χ0n) is 4.00. The highest BCUT2D eigenvalue weighted by Crippen LogP contribution is 2.05. The molecule has 0 amide bonds. The van der Waals surface area contributed by atoms with Crippen LogP contribution in [-0.4, -0.2) is 5.11 Å². The van der Waals surface area contributed by atoms with E-state index in [1.165, 1.54) is 18.4 Å². The van der Waals surface area contributed by atoms with Gasteiger partial charge in [-0.25, -0.2) is 0 Å². The number of rotatable bonds is 0. The highest BCUT2D eigenvalue weighted by molar-refractivity contribution is 7.71. The maximum atomic E-state index is 8.69. The maximum absolute atomic E-state index is 8.69. The molecule has 1 aromatic heterocycles. The van der Waals surface area contributed by atoms with Gasteiger partial charge in [0.2, 0.25) is 0 Å². The molecule has 0 aliphatic heterocycles. The van der Waals surface area contributed by atoms with Gasteiger partial charge in [0.25, 0.3) is 0 Å². The van der Waals surface area contributed by atoms with Crippen LogP contribution in [0.15, 0.2) is 22.8 Å². The molecule has 0 atom stereocenters. The van der Waals surface area contributed by atoms with E-state index >= 15 is 0 Å². The van der Waals surface area contributed by atoms with Gasteiger partial charge in [-0.05, 0) is 12.2 Å². The molecule has 1 N–H and O–H groups in total. The maximum Gasteiger partial charge on any atom is 0.193 e. The van der Waals surface area contributed by atoms with Gasteiger partial charge in [-0.15, -0.1) is 0 Å². The lowest BCUT2D eigenvalue weighted by Gasteiger charge is -1.84. The molecule has 8 heavy (non-hydrogen) atoms. The van der Waals surface area contributed by atoms with E-state index in [2.05, 4.69) is 16.6 Å². The summed E-state index contributed by atoms with van der Waals surface area (Å²) in [6, 6.07) is 2.80. The van der Waals surface area contributed by atoms with Gasteiger partial charge in [-0.1, -0.05) is 0 Å². The Morgan fingerprint density at radius 1 is 1.62 bits per heavy atom. The molecule has 0 fully saturated rings. The highest BCUT2D eigenvalue weighted by Gasteiger charge is 1.82. The first-order valence-corrected chi connectivity index (χ1v) is 2.48. The predicted molar refractivity (Wildman–Crippen MR) is 31.2 cm³/mol. The summed E-state index contributed by atoms with van der Waals surface area (Å²) in [5, 5.41) is 8.69. The van der Waals surface area contributed by atoms with Gasteiger partial charge in [0.05, 0.1) is 6.26 Å². The average Bonchev–Trinajstić information content (AvgIpc) is 1.64. The third-order valence-electron chi connectivity index (χ3n) is 0.689. The summed E-state index contributed by atoms with van der Waals surface area (Å²) in [5.74, 6) is 0.140. The van der Waals surface area contributed by atoms with Crippen molar-refractivity contribution in [2.24, 2.45) is 0 Å². The molecule has 1 rings (SSSR count). The smallest absolute Gasteiger partial charge is 0.193 e. The second kappa shape index (κ2) is 1.96. The molecule has 0 saturated carbocycles. The average molecular weight is 128 g/mol. The van der Waals surface area contributed by atoms with Crippen molar-refractivity contribution in [1.82, 2.24) is 0 Å². The van der Waals surface area contributed by atoms with Crippen molar-refractivity contribution < 1.29 is 9.52 Å². The summed E-state index contributed by atoms with van der Waals surface area (Å²) < 4.78 is 4.96. The fraction of sp³-hybridized carbons (Fsp3) is 0. The molecule has 0 spiro atoms. The molecule has 0 bridgehead atoms. The molecule has 1 aromatic rings. The first-order valence-electron chi connectivity index (χ1n) is 2.07. The Balaban J connectivity index is 3.28. The third kappa shape index (κ3) is 1.07.